The zero-order valence-electron chi connectivity index (χ0n) is 10.8. The molecule has 0 atom stereocenters. The van der Waals surface area contributed by atoms with Crippen LogP contribution in [0.1, 0.15) is 18.1 Å². The zero-order valence-corrected chi connectivity index (χ0v) is 10.8. The van der Waals surface area contributed by atoms with Crippen LogP contribution in [0.3, 0.4) is 0 Å². The van der Waals surface area contributed by atoms with Crippen LogP contribution in [-0.2, 0) is 4.74 Å². The summed E-state index contributed by atoms with van der Waals surface area (Å²) < 4.78 is 5.32. The molecular weight excluding hydrogens is 226 g/mol. The van der Waals surface area contributed by atoms with E-state index in [1.54, 1.807) is 0 Å². The first-order chi connectivity index (χ1) is 8.70. The standard InChI is InChI=1S/C14H17N3O/c1-11-3-4-13(10-15)9-14(11)16-12(2)17-5-7-18-8-6-17/h3-4,9H,5-8H2,1-2H3. The minimum Gasteiger partial charge on any atom is -0.378 e. The maximum absolute atomic E-state index is 8.91. The lowest BCUT2D eigenvalue weighted by molar-refractivity contribution is 0.0678. The number of nitriles is 1. The number of rotatable bonds is 1. The van der Waals surface area contributed by atoms with Gasteiger partial charge in [-0.1, -0.05) is 6.07 Å². The van der Waals surface area contributed by atoms with Gasteiger partial charge in [-0.2, -0.15) is 5.26 Å². The van der Waals surface area contributed by atoms with Gasteiger partial charge in [0.1, 0.15) is 5.84 Å². The number of morpholine rings is 1. The van der Waals surface area contributed by atoms with Crippen molar-refractivity contribution in [2.75, 3.05) is 26.3 Å². The second-order valence-electron chi connectivity index (χ2n) is 4.37. The van der Waals surface area contributed by atoms with Crippen molar-refractivity contribution < 1.29 is 4.74 Å². The van der Waals surface area contributed by atoms with Crippen LogP contribution in [0.15, 0.2) is 23.2 Å². The van der Waals surface area contributed by atoms with Gasteiger partial charge in [0.05, 0.1) is 30.5 Å². The molecule has 0 amide bonds. The second kappa shape index (κ2) is 5.65. The first-order valence-electron chi connectivity index (χ1n) is 6.09. The topological polar surface area (TPSA) is 48.6 Å². The van der Waals surface area contributed by atoms with Gasteiger partial charge in [0.25, 0.3) is 0 Å². The molecule has 0 aliphatic carbocycles. The highest BCUT2D eigenvalue weighted by molar-refractivity contribution is 5.83. The molecule has 1 saturated heterocycles. The lowest BCUT2D eigenvalue weighted by atomic mass is 10.1. The zero-order chi connectivity index (χ0) is 13.0. The van der Waals surface area contributed by atoms with Gasteiger partial charge in [0.15, 0.2) is 0 Å². The highest BCUT2D eigenvalue weighted by atomic mass is 16.5. The summed E-state index contributed by atoms with van der Waals surface area (Å²) in [5.74, 6) is 0.983. The Morgan fingerprint density at radius 2 is 2.11 bits per heavy atom. The number of nitrogens with zero attached hydrogens (tertiary/aromatic N) is 3. The van der Waals surface area contributed by atoms with E-state index < -0.39 is 0 Å². The first-order valence-corrected chi connectivity index (χ1v) is 6.09. The molecule has 1 aromatic carbocycles. The van der Waals surface area contributed by atoms with E-state index in [4.69, 9.17) is 10.00 Å². The third-order valence-electron chi connectivity index (χ3n) is 3.09. The van der Waals surface area contributed by atoms with Crippen molar-refractivity contribution in [2.24, 2.45) is 4.99 Å². The van der Waals surface area contributed by atoms with E-state index in [-0.39, 0.29) is 0 Å². The summed E-state index contributed by atoms with van der Waals surface area (Å²) in [6, 6.07) is 7.73. The van der Waals surface area contributed by atoms with Gasteiger partial charge in [-0.15, -0.1) is 0 Å². The van der Waals surface area contributed by atoms with Gasteiger partial charge >= 0.3 is 0 Å². The Labute approximate surface area is 108 Å². The Bertz CT molecular complexity index is 496. The quantitative estimate of drug-likeness (QED) is 0.561. The Morgan fingerprint density at radius 3 is 2.78 bits per heavy atom. The van der Waals surface area contributed by atoms with E-state index in [0.29, 0.717) is 5.56 Å². The van der Waals surface area contributed by atoms with Crippen molar-refractivity contribution in [1.29, 1.82) is 5.26 Å². The SMILES string of the molecule is CC(=Nc1cc(C#N)ccc1C)N1CCOCC1. The highest BCUT2D eigenvalue weighted by Gasteiger charge is 2.11. The molecule has 0 N–H and O–H groups in total. The van der Waals surface area contributed by atoms with Crippen LogP contribution in [-0.4, -0.2) is 37.0 Å². The third kappa shape index (κ3) is 2.88. The number of ether oxygens (including phenoxy) is 1. The number of aryl methyl sites for hydroxylation is 1. The molecule has 4 heteroatoms. The van der Waals surface area contributed by atoms with Crippen molar-refractivity contribution in [1.82, 2.24) is 4.90 Å². The summed E-state index contributed by atoms with van der Waals surface area (Å²) in [7, 11) is 0. The normalized spacial score (nSPS) is 16.5. The summed E-state index contributed by atoms with van der Waals surface area (Å²) >= 11 is 0. The molecule has 1 aromatic rings. The first kappa shape index (κ1) is 12.6. The molecule has 0 aromatic heterocycles. The maximum atomic E-state index is 8.91. The molecular formula is C14H17N3O. The van der Waals surface area contributed by atoms with Crippen molar-refractivity contribution in [2.45, 2.75) is 13.8 Å². The molecule has 4 nitrogen and oxygen atoms in total. The van der Waals surface area contributed by atoms with Gasteiger partial charge in [0, 0.05) is 13.1 Å². The smallest absolute Gasteiger partial charge is 0.102 e. The molecule has 0 bridgehead atoms. The Morgan fingerprint density at radius 1 is 1.39 bits per heavy atom. The van der Waals surface area contributed by atoms with Crippen LogP contribution in [0.4, 0.5) is 5.69 Å². The Balaban J connectivity index is 2.23. The van der Waals surface area contributed by atoms with Crippen LogP contribution < -0.4 is 0 Å². The Hall–Kier alpha value is -1.86. The van der Waals surface area contributed by atoms with Crippen molar-refractivity contribution in [3.63, 3.8) is 0 Å². The van der Waals surface area contributed by atoms with E-state index in [2.05, 4.69) is 16.0 Å². The summed E-state index contributed by atoms with van der Waals surface area (Å²) in [4.78, 5) is 6.84. The number of hydrogen-bond donors (Lipinski definition) is 0. The molecule has 0 unspecified atom stereocenters. The van der Waals surface area contributed by atoms with Crippen LogP contribution in [0.5, 0.6) is 0 Å². The van der Waals surface area contributed by atoms with E-state index in [1.165, 1.54) is 0 Å². The summed E-state index contributed by atoms with van der Waals surface area (Å²) in [5.41, 5.74) is 2.61. The molecule has 0 saturated carbocycles. The van der Waals surface area contributed by atoms with E-state index >= 15 is 0 Å². The van der Waals surface area contributed by atoms with Crippen LogP contribution in [0.25, 0.3) is 0 Å². The van der Waals surface area contributed by atoms with E-state index in [9.17, 15) is 0 Å². The van der Waals surface area contributed by atoms with Crippen LogP contribution in [0, 0.1) is 18.3 Å². The average Bonchev–Trinajstić information content (AvgIpc) is 2.42. The fourth-order valence-corrected chi connectivity index (χ4v) is 1.93. The molecule has 94 valence electrons. The third-order valence-corrected chi connectivity index (χ3v) is 3.09. The molecule has 18 heavy (non-hydrogen) atoms. The number of benzene rings is 1. The van der Waals surface area contributed by atoms with Gasteiger partial charge < -0.3 is 9.64 Å². The van der Waals surface area contributed by atoms with Gasteiger partial charge in [-0.3, -0.25) is 0 Å². The molecule has 2 rings (SSSR count). The van der Waals surface area contributed by atoms with Crippen LogP contribution >= 0.6 is 0 Å². The molecule has 1 aliphatic rings. The Kier molecular flexibility index (Phi) is 3.96. The number of hydrogen-bond acceptors (Lipinski definition) is 3. The lowest BCUT2D eigenvalue weighted by Gasteiger charge is -2.28. The summed E-state index contributed by atoms with van der Waals surface area (Å²) in [6.45, 7) is 7.28. The monoisotopic (exact) mass is 243 g/mol. The summed E-state index contributed by atoms with van der Waals surface area (Å²) in [5, 5.41) is 8.91. The second-order valence-corrected chi connectivity index (χ2v) is 4.37. The van der Waals surface area contributed by atoms with E-state index in [0.717, 1.165) is 43.4 Å². The van der Waals surface area contributed by atoms with Crippen molar-refractivity contribution in [3.05, 3.63) is 29.3 Å². The largest absolute Gasteiger partial charge is 0.378 e. The van der Waals surface area contributed by atoms with Crippen molar-refractivity contribution >= 4 is 11.5 Å². The highest BCUT2D eigenvalue weighted by Crippen LogP contribution is 2.20. The van der Waals surface area contributed by atoms with Crippen LogP contribution in [0.2, 0.25) is 0 Å². The molecule has 1 fully saturated rings. The maximum Gasteiger partial charge on any atom is 0.102 e. The summed E-state index contributed by atoms with van der Waals surface area (Å²) in [6.07, 6.45) is 0. The predicted octanol–water partition coefficient (Wildman–Crippen LogP) is 2.25. The minimum atomic E-state index is 0.647. The van der Waals surface area contributed by atoms with Gasteiger partial charge in [-0.05, 0) is 31.5 Å². The molecule has 1 heterocycles. The molecule has 1 aliphatic heterocycles. The molecule has 0 spiro atoms. The van der Waals surface area contributed by atoms with Gasteiger partial charge in [-0.25, -0.2) is 4.99 Å². The van der Waals surface area contributed by atoms with E-state index in [1.807, 2.05) is 32.0 Å². The number of amidine groups is 1. The molecule has 0 radical (unpaired) electrons. The number of aliphatic imine (C=N–C) groups is 1. The fourth-order valence-electron chi connectivity index (χ4n) is 1.93. The minimum absolute atomic E-state index is 0.647. The lowest BCUT2D eigenvalue weighted by Crippen LogP contribution is -2.39. The van der Waals surface area contributed by atoms with Crippen molar-refractivity contribution in [3.8, 4) is 6.07 Å². The fraction of sp³-hybridized carbons (Fsp3) is 0.429. The average molecular weight is 243 g/mol. The predicted molar refractivity (Wildman–Crippen MR) is 71.1 cm³/mol. The van der Waals surface area contributed by atoms with Gasteiger partial charge in [0.2, 0.25) is 0 Å².